The summed E-state index contributed by atoms with van der Waals surface area (Å²) in [4.78, 5) is 16.5. The maximum Gasteiger partial charge on any atom is 0.236 e. The summed E-state index contributed by atoms with van der Waals surface area (Å²) in [5.74, 6) is 0.769. The van der Waals surface area contributed by atoms with Gasteiger partial charge in [0.15, 0.2) is 11.0 Å². The van der Waals surface area contributed by atoms with E-state index < -0.39 is 0 Å². The first-order chi connectivity index (χ1) is 14.2. The van der Waals surface area contributed by atoms with Crippen molar-refractivity contribution in [3.8, 4) is 22.0 Å². The zero-order valence-electron chi connectivity index (χ0n) is 15.5. The van der Waals surface area contributed by atoms with E-state index in [1.807, 2.05) is 54.0 Å². The number of aromatic nitrogens is 6. The molecule has 8 nitrogen and oxygen atoms in total. The zero-order valence-corrected chi connectivity index (χ0v) is 17.2. The van der Waals surface area contributed by atoms with E-state index in [4.69, 9.17) is 0 Å². The topological polar surface area (TPSA) is 98.5 Å². The summed E-state index contributed by atoms with van der Waals surface area (Å²) in [5, 5.41) is 21.4. The van der Waals surface area contributed by atoms with E-state index in [1.165, 1.54) is 23.1 Å². The second-order valence-electron chi connectivity index (χ2n) is 5.91. The molecular formula is C19H17N7OS2. The minimum absolute atomic E-state index is 0.167. The van der Waals surface area contributed by atoms with Gasteiger partial charge in [0.05, 0.1) is 5.75 Å². The van der Waals surface area contributed by atoms with Crippen LogP contribution in [0.2, 0.25) is 0 Å². The highest BCUT2D eigenvalue weighted by atomic mass is 32.2. The monoisotopic (exact) mass is 423 g/mol. The molecular weight excluding hydrogens is 406 g/mol. The Morgan fingerprint density at radius 3 is 2.66 bits per heavy atom. The van der Waals surface area contributed by atoms with Gasteiger partial charge in [0.25, 0.3) is 0 Å². The van der Waals surface area contributed by atoms with Gasteiger partial charge in [-0.2, -0.15) is 0 Å². The molecule has 0 aliphatic rings. The molecule has 4 aromatic rings. The van der Waals surface area contributed by atoms with Crippen molar-refractivity contribution in [3.63, 3.8) is 0 Å². The number of nitrogens with one attached hydrogen (secondary N) is 1. The normalized spacial score (nSPS) is 10.8. The second-order valence-corrected chi connectivity index (χ2v) is 7.83. The molecule has 0 saturated carbocycles. The first-order valence-corrected chi connectivity index (χ1v) is 10.7. The Labute approximate surface area is 175 Å². The molecule has 0 atom stereocenters. The van der Waals surface area contributed by atoms with Crippen LogP contribution in [-0.2, 0) is 11.3 Å². The standard InChI is InChI=1S/C19H17N7OS2/c1-2-26-16(14-9-6-10-20-11-14)22-25-19(26)28-12-15(27)21-18-24-23-17(29-18)13-7-4-3-5-8-13/h3-11H,2,12H2,1H3,(H,21,24,27). The van der Waals surface area contributed by atoms with Crippen LogP contribution in [0.1, 0.15) is 6.92 Å². The first-order valence-electron chi connectivity index (χ1n) is 8.89. The number of anilines is 1. The number of hydrogen-bond donors (Lipinski definition) is 1. The van der Waals surface area contributed by atoms with Gasteiger partial charge in [-0.1, -0.05) is 53.4 Å². The molecule has 3 aromatic heterocycles. The number of benzene rings is 1. The van der Waals surface area contributed by atoms with Crippen molar-refractivity contribution in [2.45, 2.75) is 18.6 Å². The van der Waals surface area contributed by atoms with E-state index in [9.17, 15) is 4.79 Å². The van der Waals surface area contributed by atoms with Crippen molar-refractivity contribution in [1.29, 1.82) is 0 Å². The number of hydrogen-bond acceptors (Lipinski definition) is 8. The fourth-order valence-electron chi connectivity index (χ4n) is 2.65. The van der Waals surface area contributed by atoms with Gasteiger partial charge >= 0.3 is 0 Å². The molecule has 0 aliphatic heterocycles. The lowest BCUT2D eigenvalue weighted by Crippen LogP contribution is -2.14. The summed E-state index contributed by atoms with van der Waals surface area (Å²) in [5.41, 5.74) is 1.86. The molecule has 0 radical (unpaired) electrons. The second kappa shape index (κ2) is 8.93. The summed E-state index contributed by atoms with van der Waals surface area (Å²) in [7, 11) is 0. The Morgan fingerprint density at radius 2 is 1.90 bits per heavy atom. The van der Waals surface area contributed by atoms with Gasteiger partial charge in [-0.3, -0.25) is 15.1 Å². The lowest BCUT2D eigenvalue weighted by Gasteiger charge is -2.06. The minimum atomic E-state index is -0.167. The van der Waals surface area contributed by atoms with Gasteiger partial charge in [-0.05, 0) is 19.1 Å². The van der Waals surface area contributed by atoms with Crippen molar-refractivity contribution < 1.29 is 4.79 Å². The molecule has 0 aliphatic carbocycles. The number of carbonyl (C=O) groups is 1. The van der Waals surface area contributed by atoms with Crippen LogP contribution in [0.3, 0.4) is 0 Å². The smallest absolute Gasteiger partial charge is 0.236 e. The number of nitrogens with zero attached hydrogens (tertiary/aromatic N) is 6. The van der Waals surface area contributed by atoms with Crippen molar-refractivity contribution >= 4 is 34.1 Å². The number of carbonyl (C=O) groups excluding carboxylic acids is 1. The molecule has 0 fully saturated rings. The van der Waals surface area contributed by atoms with Gasteiger partial charge < -0.3 is 4.57 Å². The van der Waals surface area contributed by atoms with Crippen LogP contribution < -0.4 is 5.32 Å². The number of amides is 1. The highest BCUT2D eigenvalue weighted by Crippen LogP contribution is 2.27. The summed E-state index contributed by atoms with van der Waals surface area (Å²) in [6.07, 6.45) is 3.46. The summed E-state index contributed by atoms with van der Waals surface area (Å²) in [6, 6.07) is 13.5. The average Bonchev–Trinajstić information content (AvgIpc) is 3.40. The van der Waals surface area contributed by atoms with Crippen molar-refractivity contribution in [1.82, 2.24) is 29.9 Å². The molecule has 0 bridgehead atoms. The molecule has 0 spiro atoms. The van der Waals surface area contributed by atoms with Crippen LogP contribution >= 0.6 is 23.1 Å². The van der Waals surface area contributed by atoms with Crippen LogP contribution in [-0.4, -0.2) is 41.6 Å². The molecule has 0 saturated heterocycles. The molecule has 29 heavy (non-hydrogen) atoms. The van der Waals surface area contributed by atoms with E-state index in [2.05, 4.69) is 30.7 Å². The van der Waals surface area contributed by atoms with Crippen LogP contribution in [0.15, 0.2) is 60.0 Å². The highest BCUT2D eigenvalue weighted by Gasteiger charge is 2.15. The summed E-state index contributed by atoms with van der Waals surface area (Å²) >= 11 is 2.67. The van der Waals surface area contributed by atoms with Crippen LogP contribution in [0, 0.1) is 0 Å². The zero-order chi connectivity index (χ0) is 20.1. The number of thioether (sulfide) groups is 1. The SMILES string of the molecule is CCn1c(SCC(=O)Nc2nnc(-c3ccccc3)s2)nnc1-c1cccnc1. The molecule has 10 heteroatoms. The van der Waals surface area contributed by atoms with Crippen molar-refractivity contribution in [3.05, 3.63) is 54.9 Å². The van der Waals surface area contributed by atoms with Crippen LogP contribution in [0.25, 0.3) is 22.0 Å². The molecule has 0 unspecified atom stereocenters. The lowest BCUT2D eigenvalue weighted by atomic mass is 10.2. The van der Waals surface area contributed by atoms with Crippen molar-refractivity contribution in [2.75, 3.05) is 11.1 Å². The first kappa shape index (κ1) is 19.2. The largest absolute Gasteiger partial charge is 0.302 e. The number of rotatable bonds is 7. The maximum atomic E-state index is 12.3. The quantitative estimate of drug-likeness (QED) is 0.453. The maximum absolute atomic E-state index is 12.3. The molecule has 4 rings (SSSR count). The summed E-state index contributed by atoms with van der Waals surface area (Å²) in [6.45, 7) is 2.71. The Morgan fingerprint density at radius 1 is 1.07 bits per heavy atom. The Kier molecular flexibility index (Phi) is 5.92. The molecule has 1 amide bonds. The van der Waals surface area contributed by atoms with E-state index >= 15 is 0 Å². The van der Waals surface area contributed by atoms with Gasteiger partial charge in [-0.25, -0.2) is 0 Å². The van der Waals surface area contributed by atoms with Crippen molar-refractivity contribution in [2.24, 2.45) is 0 Å². The van der Waals surface area contributed by atoms with E-state index in [1.54, 1.807) is 12.4 Å². The molecule has 1 aromatic carbocycles. The fourth-order valence-corrected chi connectivity index (χ4v) is 4.21. The Bertz CT molecular complexity index is 1100. The Balaban J connectivity index is 1.39. The predicted octanol–water partition coefficient (Wildman–Crippen LogP) is 3.61. The minimum Gasteiger partial charge on any atom is -0.302 e. The fraction of sp³-hybridized carbons (Fsp3) is 0.158. The third kappa shape index (κ3) is 4.49. The van der Waals surface area contributed by atoms with Gasteiger partial charge in [0, 0.05) is 30.1 Å². The van der Waals surface area contributed by atoms with E-state index in [0.717, 1.165) is 22.0 Å². The molecule has 3 heterocycles. The summed E-state index contributed by atoms with van der Waals surface area (Å²) < 4.78 is 1.97. The molecule has 1 N–H and O–H groups in total. The van der Waals surface area contributed by atoms with Crippen LogP contribution in [0.4, 0.5) is 5.13 Å². The number of pyridine rings is 1. The van der Waals surface area contributed by atoms with Gasteiger partial charge in [-0.15, -0.1) is 20.4 Å². The van der Waals surface area contributed by atoms with Gasteiger partial charge in [0.2, 0.25) is 11.0 Å². The Hall–Kier alpha value is -3.11. The highest BCUT2D eigenvalue weighted by molar-refractivity contribution is 7.99. The third-order valence-electron chi connectivity index (χ3n) is 3.98. The van der Waals surface area contributed by atoms with E-state index in [0.29, 0.717) is 16.8 Å². The van der Waals surface area contributed by atoms with Crippen LogP contribution in [0.5, 0.6) is 0 Å². The third-order valence-corrected chi connectivity index (χ3v) is 5.83. The van der Waals surface area contributed by atoms with E-state index in [-0.39, 0.29) is 11.7 Å². The van der Waals surface area contributed by atoms with Gasteiger partial charge in [0.1, 0.15) is 5.01 Å². The lowest BCUT2D eigenvalue weighted by molar-refractivity contribution is -0.113. The predicted molar refractivity (Wildman–Crippen MR) is 114 cm³/mol. The molecule has 146 valence electrons. The average molecular weight is 424 g/mol.